The third kappa shape index (κ3) is 3.79. The summed E-state index contributed by atoms with van der Waals surface area (Å²) in [5.74, 6) is -0.224. The van der Waals surface area contributed by atoms with E-state index in [0.717, 1.165) is 33.4 Å². The fraction of sp³-hybridized carbons (Fsp3) is 0. The van der Waals surface area contributed by atoms with Crippen LogP contribution in [0.3, 0.4) is 0 Å². The summed E-state index contributed by atoms with van der Waals surface area (Å²) in [6.07, 6.45) is 5.15. The van der Waals surface area contributed by atoms with Gasteiger partial charge in [-0.25, -0.2) is 0 Å². The highest BCUT2D eigenvalue weighted by molar-refractivity contribution is 6.33. The number of H-pyrrole nitrogens is 1. The molecule has 0 aliphatic heterocycles. The van der Waals surface area contributed by atoms with Crippen LogP contribution < -0.4 is 5.32 Å². The lowest BCUT2D eigenvalue weighted by molar-refractivity contribution is 0.102. The maximum Gasteiger partial charge on any atom is 0.257 e. The monoisotopic (exact) mass is 424 g/mol. The smallest absolute Gasteiger partial charge is 0.257 e. The van der Waals surface area contributed by atoms with Crippen molar-refractivity contribution in [3.8, 4) is 22.6 Å². The van der Waals surface area contributed by atoms with Crippen molar-refractivity contribution >= 4 is 34.0 Å². The first-order valence-electron chi connectivity index (χ1n) is 9.74. The Morgan fingerprint density at radius 2 is 1.77 bits per heavy atom. The van der Waals surface area contributed by atoms with Gasteiger partial charge in [0.1, 0.15) is 0 Å². The number of nitrogens with one attached hydrogen (secondary N) is 2. The summed E-state index contributed by atoms with van der Waals surface area (Å²) in [6.45, 7) is 0. The number of fused-ring (bicyclic) bond motifs is 1. The van der Waals surface area contributed by atoms with E-state index in [2.05, 4.69) is 20.3 Å². The van der Waals surface area contributed by atoms with E-state index in [0.29, 0.717) is 16.3 Å². The fourth-order valence-corrected chi connectivity index (χ4v) is 3.72. The molecule has 3 aromatic heterocycles. The topological polar surface area (TPSA) is 70.7 Å². The van der Waals surface area contributed by atoms with Gasteiger partial charge in [-0.3, -0.25) is 14.8 Å². The van der Waals surface area contributed by atoms with Crippen molar-refractivity contribution in [1.29, 1.82) is 0 Å². The predicted octanol–water partition coefficient (Wildman–Crippen LogP) is 6.20. The van der Waals surface area contributed by atoms with Gasteiger partial charge in [-0.05, 0) is 47.9 Å². The molecule has 1 amide bonds. The first kappa shape index (κ1) is 19.0. The standard InChI is InChI=1S/C25H17ClN4O/c26-21-9-8-18(14-20(21)24-19-6-2-1-5-16(19)10-12-28-24)30-25(31)17-13-23(29-15-17)22-7-3-4-11-27-22/h1-15,29H,(H,30,31). The lowest BCUT2D eigenvalue weighted by Crippen LogP contribution is -2.11. The van der Waals surface area contributed by atoms with E-state index >= 15 is 0 Å². The van der Waals surface area contributed by atoms with Crippen molar-refractivity contribution in [3.05, 3.63) is 102 Å². The number of aromatic amines is 1. The van der Waals surface area contributed by atoms with Gasteiger partial charge in [-0.2, -0.15) is 0 Å². The van der Waals surface area contributed by atoms with Crippen LogP contribution in [-0.2, 0) is 0 Å². The van der Waals surface area contributed by atoms with Crippen LogP contribution in [0.4, 0.5) is 5.69 Å². The van der Waals surface area contributed by atoms with E-state index in [1.165, 1.54) is 0 Å². The van der Waals surface area contributed by atoms with Crippen molar-refractivity contribution in [2.75, 3.05) is 5.32 Å². The molecule has 0 atom stereocenters. The van der Waals surface area contributed by atoms with Crippen molar-refractivity contribution < 1.29 is 4.79 Å². The number of nitrogens with zero attached hydrogens (tertiary/aromatic N) is 2. The highest BCUT2D eigenvalue weighted by Crippen LogP contribution is 2.34. The van der Waals surface area contributed by atoms with Crippen LogP contribution in [0.5, 0.6) is 0 Å². The number of benzene rings is 2. The Labute approximate surface area is 183 Å². The van der Waals surface area contributed by atoms with Gasteiger partial charge in [0.05, 0.1) is 27.7 Å². The first-order valence-corrected chi connectivity index (χ1v) is 10.1. The van der Waals surface area contributed by atoms with E-state index in [1.54, 1.807) is 36.8 Å². The maximum atomic E-state index is 12.8. The molecule has 0 aliphatic rings. The van der Waals surface area contributed by atoms with Crippen LogP contribution in [0.25, 0.3) is 33.4 Å². The third-order valence-electron chi connectivity index (χ3n) is 5.04. The van der Waals surface area contributed by atoms with Gasteiger partial charge in [0, 0.05) is 35.2 Å². The molecular formula is C25H17ClN4O. The van der Waals surface area contributed by atoms with Gasteiger partial charge < -0.3 is 10.3 Å². The molecule has 0 bridgehead atoms. The maximum absolute atomic E-state index is 12.8. The number of halogens is 1. The first-order chi connectivity index (χ1) is 15.2. The normalized spacial score (nSPS) is 10.9. The molecule has 3 heterocycles. The van der Waals surface area contributed by atoms with Gasteiger partial charge in [0.2, 0.25) is 0 Å². The zero-order valence-corrected chi connectivity index (χ0v) is 17.1. The number of carbonyl (C=O) groups is 1. The van der Waals surface area contributed by atoms with Crippen molar-refractivity contribution in [2.24, 2.45) is 0 Å². The summed E-state index contributed by atoms with van der Waals surface area (Å²) in [7, 11) is 0. The second-order valence-corrected chi connectivity index (χ2v) is 7.45. The Kier molecular flexibility index (Phi) is 4.94. The van der Waals surface area contributed by atoms with Crippen LogP contribution in [0.1, 0.15) is 10.4 Å². The highest BCUT2D eigenvalue weighted by atomic mass is 35.5. The van der Waals surface area contributed by atoms with Gasteiger partial charge in [0.15, 0.2) is 0 Å². The summed E-state index contributed by atoms with van der Waals surface area (Å²) in [4.78, 5) is 24.7. The predicted molar refractivity (Wildman–Crippen MR) is 124 cm³/mol. The van der Waals surface area contributed by atoms with Crippen LogP contribution in [0.2, 0.25) is 5.02 Å². The van der Waals surface area contributed by atoms with E-state index in [-0.39, 0.29) is 5.91 Å². The van der Waals surface area contributed by atoms with E-state index in [9.17, 15) is 4.79 Å². The SMILES string of the molecule is O=C(Nc1ccc(Cl)c(-c2nccc3ccccc23)c1)c1c[nH]c(-c2ccccn2)c1. The minimum atomic E-state index is -0.224. The molecule has 0 radical (unpaired) electrons. The molecule has 5 aromatic rings. The summed E-state index contributed by atoms with van der Waals surface area (Å²) in [5, 5.41) is 5.59. The number of anilines is 1. The molecule has 0 saturated carbocycles. The molecule has 0 aliphatic carbocycles. The average molecular weight is 425 g/mol. The second-order valence-electron chi connectivity index (χ2n) is 7.05. The highest BCUT2D eigenvalue weighted by Gasteiger charge is 2.14. The van der Waals surface area contributed by atoms with Gasteiger partial charge in [-0.15, -0.1) is 0 Å². The molecular weight excluding hydrogens is 408 g/mol. The number of rotatable bonds is 4. The summed E-state index contributed by atoms with van der Waals surface area (Å²) < 4.78 is 0. The Morgan fingerprint density at radius 1 is 0.903 bits per heavy atom. The molecule has 0 unspecified atom stereocenters. The summed E-state index contributed by atoms with van der Waals surface area (Å²) in [5.41, 5.74) is 4.25. The molecule has 0 spiro atoms. The number of aromatic nitrogens is 3. The molecule has 0 saturated heterocycles. The second kappa shape index (κ2) is 8.05. The molecule has 2 N–H and O–H groups in total. The molecule has 150 valence electrons. The van der Waals surface area contributed by atoms with Gasteiger partial charge >= 0.3 is 0 Å². The summed E-state index contributed by atoms with van der Waals surface area (Å²) >= 11 is 6.49. The van der Waals surface area contributed by atoms with E-state index in [4.69, 9.17) is 11.6 Å². The number of carbonyl (C=O) groups excluding carboxylic acids is 1. The van der Waals surface area contributed by atoms with Gasteiger partial charge in [0.25, 0.3) is 5.91 Å². The number of hydrogen-bond donors (Lipinski definition) is 2. The Hall–Kier alpha value is -3.96. The quantitative estimate of drug-likeness (QED) is 0.361. The van der Waals surface area contributed by atoms with Crippen LogP contribution in [-0.4, -0.2) is 20.9 Å². The fourth-order valence-electron chi connectivity index (χ4n) is 3.52. The van der Waals surface area contributed by atoms with Crippen molar-refractivity contribution in [1.82, 2.24) is 15.0 Å². The molecule has 6 heteroatoms. The lowest BCUT2D eigenvalue weighted by atomic mass is 10.0. The minimum absolute atomic E-state index is 0.224. The Balaban J connectivity index is 1.45. The molecule has 0 fully saturated rings. The summed E-state index contributed by atoms with van der Waals surface area (Å²) in [6, 6.07) is 22.8. The zero-order valence-electron chi connectivity index (χ0n) is 16.3. The van der Waals surface area contributed by atoms with Crippen LogP contribution in [0.15, 0.2) is 91.4 Å². The largest absolute Gasteiger partial charge is 0.359 e. The molecule has 31 heavy (non-hydrogen) atoms. The lowest BCUT2D eigenvalue weighted by Gasteiger charge is -2.11. The minimum Gasteiger partial charge on any atom is -0.359 e. The molecule has 2 aromatic carbocycles. The third-order valence-corrected chi connectivity index (χ3v) is 5.37. The van der Waals surface area contributed by atoms with Crippen molar-refractivity contribution in [2.45, 2.75) is 0 Å². The average Bonchev–Trinajstić information content (AvgIpc) is 3.31. The van der Waals surface area contributed by atoms with E-state index in [1.807, 2.05) is 54.6 Å². The van der Waals surface area contributed by atoms with Crippen LogP contribution >= 0.6 is 11.6 Å². The van der Waals surface area contributed by atoms with Crippen LogP contribution in [0, 0.1) is 0 Å². The van der Waals surface area contributed by atoms with Gasteiger partial charge in [-0.1, -0.05) is 41.9 Å². The Bertz CT molecular complexity index is 1390. The Morgan fingerprint density at radius 3 is 2.65 bits per heavy atom. The molecule has 5 nitrogen and oxygen atoms in total. The number of hydrogen-bond acceptors (Lipinski definition) is 3. The number of pyridine rings is 2. The van der Waals surface area contributed by atoms with Crippen molar-refractivity contribution in [3.63, 3.8) is 0 Å². The zero-order chi connectivity index (χ0) is 21.2. The van der Waals surface area contributed by atoms with E-state index < -0.39 is 0 Å². The molecule has 5 rings (SSSR count). The number of amides is 1.